The molecule has 0 aliphatic carbocycles. The Morgan fingerprint density at radius 1 is 1.15 bits per heavy atom. The summed E-state index contributed by atoms with van der Waals surface area (Å²) < 4.78 is 40.6. The first kappa shape index (κ1) is 16.8. The zero-order chi connectivity index (χ0) is 15.0. The van der Waals surface area contributed by atoms with Crippen molar-refractivity contribution in [2.75, 3.05) is 37.7 Å². The monoisotopic (exact) mass is 290 g/mol. The van der Waals surface area contributed by atoms with E-state index in [0.717, 1.165) is 17.7 Å². The Bertz CT molecular complexity index is 379. The standard InChI is InChI=1S/C14H21F3N2O/c1-12-3-5-13(6-4-12)19(8-2-7-18)9-10-20-11-14(15,16)17/h3-6H,2,7-11,18H2,1H3. The normalized spacial score (nSPS) is 11.7. The lowest BCUT2D eigenvalue weighted by Crippen LogP contribution is -2.31. The molecule has 1 rings (SSSR count). The maximum Gasteiger partial charge on any atom is 0.411 e. The lowest BCUT2D eigenvalue weighted by atomic mass is 10.2. The highest BCUT2D eigenvalue weighted by Crippen LogP contribution is 2.16. The second-order valence-electron chi connectivity index (χ2n) is 4.63. The molecule has 0 radical (unpaired) electrons. The summed E-state index contributed by atoms with van der Waals surface area (Å²) in [7, 11) is 0. The number of alkyl halides is 3. The number of nitrogens with zero attached hydrogens (tertiary/aromatic N) is 1. The van der Waals surface area contributed by atoms with E-state index in [1.54, 1.807) is 0 Å². The Labute approximate surface area is 117 Å². The van der Waals surface area contributed by atoms with Crippen LogP contribution in [-0.4, -0.2) is 39.0 Å². The van der Waals surface area contributed by atoms with Crippen molar-refractivity contribution in [3.05, 3.63) is 29.8 Å². The fourth-order valence-corrected chi connectivity index (χ4v) is 1.77. The molecule has 0 saturated carbocycles. The van der Waals surface area contributed by atoms with Gasteiger partial charge in [-0.3, -0.25) is 0 Å². The Morgan fingerprint density at radius 2 is 1.80 bits per heavy atom. The van der Waals surface area contributed by atoms with Gasteiger partial charge in [-0.05, 0) is 32.0 Å². The molecule has 0 aromatic heterocycles. The van der Waals surface area contributed by atoms with Crippen molar-refractivity contribution in [1.29, 1.82) is 0 Å². The molecule has 0 fully saturated rings. The number of anilines is 1. The third-order valence-corrected chi connectivity index (χ3v) is 2.80. The van der Waals surface area contributed by atoms with E-state index in [4.69, 9.17) is 5.73 Å². The summed E-state index contributed by atoms with van der Waals surface area (Å²) in [6.45, 7) is 2.49. The molecule has 6 heteroatoms. The van der Waals surface area contributed by atoms with E-state index in [-0.39, 0.29) is 6.61 Å². The minimum atomic E-state index is -4.27. The van der Waals surface area contributed by atoms with Gasteiger partial charge in [0.15, 0.2) is 0 Å². The molecule has 0 aliphatic rings. The van der Waals surface area contributed by atoms with Crippen LogP contribution in [0.5, 0.6) is 0 Å². The summed E-state index contributed by atoms with van der Waals surface area (Å²) in [4.78, 5) is 1.99. The van der Waals surface area contributed by atoms with Crippen LogP contribution < -0.4 is 10.6 Å². The van der Waals surface area contributed by atoms with E-state index >= 15 is 0 Å². The smallest absolute Gasteiger partial charge is 0.370 e. The van der Waals surface area contributed by atoms with E-state index < -0.39 is 12.8 Å². The topological polar surface area (TPSA) is 38.5 Å². The van der Waals surface area contributed by atoms with Gasteiger partial charge in [-0.15, -0.1) is 0 Å². The molecule has 0 amide bonds. The van der Waals surface area contributed by atoms with Gasteiger partial charge in [-0.2, -0.15) is 13.2 Å². The molecule has 0 aliphatic heterocycles. The SMILES string of the molecule is Cc1ccc(N(CCCN)CCOCC(F)(F)F)cc1. The average Bonchev–Trinajstić information content (AvgIpc) is 2.38. The van der Waals surface area contributed by atoms with Gasteiger partial charge in [0, 0.05) is 18.8 Å². The highest BCUT2D eigenvalue weighted by atomic mass is 19.4. The quantitative estimate of drug-likeness (QED) is 0.748. The van der Waals surface area contributed by atoms with Crippen molar-refractivity contribution in [3.8, 4) is 0 Å². The Morgan fingerprint density at radius 3 is 2.35 bits per heavy atom. The molecule has 0 unspecified atom stereocenters. The van der Waals surface area contributed by atoms with Gasteiger partial charge in [0.05, 0.1) is 6.61 Å². The van der Waals surface area contributed by atoms with Crippen molar-refractivity contribution >= 4 is 5.69 Å². The molecule has 0 spiro atoms. The van der Waals surface area contributed by atoms with E-state index in [1.807, 2.05) is 36.1 Å². The van der Waals surface area contributed by atoms with Gasteiger partial charge in [0.2, 0.25) is 0 Å². The summed E-state index contributed by atoms with van der Waals surface area (Å²) in [5.41, 5.74) is 7.60. The number of benzene rings is 1. The van der Waals surface area contributed by atoms with Crippen molar-refractivity contribution in [2.45, 2.75) is 19.5 Å². The zero-order valence-corrected chi connectivity index (χ0v) is 11.6. The summed E-state index contributed by atoms with van der Waals surface area (Å²) in [5, 5.41) is 0. The van der Waals surface area contributed by atoms with Gasteiger partial charge in [-0.25, -0.2) is 0 Å². The van der Waals surface area contributed by atoms with Crippen LogP contribution >= 0.6 is 0 Å². The number of ether oxygens (including phenoxy) is 1. The third kappa shape index (κ3) is 6.77. The number of halogens is 3. The van der Waals surface area contributed by atoms with Gasteiger partial charge in [0.25, 0.3) is 0 Å². The molecule has 1 aromatic carbocycles. The van der Waals surface area contributed by atoms with Crippen molar-refractivity contribution in [2.24, 2.45) is 5.73 Å². The summed E-state index contributed by atoms with van der Waals surface area (Å²) in [6, 6.07) is 7.86. The Kier molecular flexibility index (Phi) is 6.81. The molecule has 0 bridgehead atoms. The highest BCUT2D eigenvalue weighted by Gasteiger charge is 2.27. The third-order valence-electron chi connectivity index (χ3n) is 2.80. The molecular weight excluding hydrogens is 269 g/mol. The summed E-state index contributed by atoms with van der Waals surface area (Å²) >= 11 is 0. The minimum Gasteiger partial charge on any atom is -0.370 e. The van der Waals surface area contributed by atoms with E-state index in [2.05, 4.69) is 4.74 Å². The predicted octanol–water partition coefficient (Wildman–Crippen LogP) is 2.73. The zero-order valence-electron chi connectivity index (χ0n) is 11.6. The van der Waals surface area contributed by atoms with Crippen LogP contribution in [0.3, 0.4) is 0 Å². The van der Waals surface area contributed by atoms with E-state index in [9.17, 15) is 13.2 Å². The first-order valence-electron chi connectivity index (χ1n) is 6.58. The van der Waals surface area contributed by atoms with Crippen LogP contribution in [0, 0.1) is 6.92 Å². The average molecular weight is 290 g/mol. The Hall–Kier alpha value is -1.27. The molecule has 20 heavy (non-hydrogen) atoms. The molecule has 3 nitrogen and oxygen atoms in total. The molecule has 0 heterocycles. The van der Waals surface area contributed by atoms with Crippen LogP contribution in [0.4, 0.5) is 18.9 Å². The maximum atomic E-state index is 12.0. The van der Waals surface area contributed by atoms with Crippen LogP contribution in [0.25, 0.3) is 0 Å². The molecule has 0 saturated heterocycles. The minimum absolute atomic E-state index is 0.0396. The first-order chi connectivity index (χ1) is 9.42. The fourth-order valence-electron chi connectivity index (χ4n) is 1.77. The van der Waals surface area contributed by atoms with Crippen molar-refractivity contribution in [3.63, 3.8) is 0 Å². The molecule has 1 aromatic rings. The second kappa shape index (κ2) is 8.11. The summed E-state index contributed by atoms with van der Waals surface area (Å²) in [6.07, 6.45) is -3.49. The van der Waals surface area contributed by atoms with Crippen molar-refractivity contribution < 1.29 is 17.9 Å². The molecular formula is C14H21F3N2O. The van der Waals surface area contributed by atoms with Crippen LogP contribution in [-0.2, 0) is 4.74 Å². The maximum absolute atomic E-state index is 12.0. The van der Waals surface area contributed by atoms with Crippen molar-refractivity contribution in [1.82, 2.24) is 0 Å². The molecule has 114 valence electrons. The molecule has 0 atom stereocenters. The fraction of sp³-hybridized carbons (Fsp3) is 0.571. The first-order valence-corrected chi connectivity index (χ1v) is 6.58. The van der Waals surface area contributed by atoms with Gasteiger partial charge in [0.1, 0.15) is 6.61 Å². The number of aryl methyl sites for hydroxylation is 1. The lowest BCUT2D eigenvalue weighted by Gasteiger charge is -2.25. The van der Waals surface area contributed by atoms with E-state index in [0.29, 0.717) is 19.6 Å². The predicted molar refractivity (Wildman–Crippen MR) is 73.9 cm³/mol. The van der Waals surface area contributed by atoms with Crippen LogP contribution in [0.1, 0.15) is 12.0 Å². The largest absolute Gasteiger partial charge is 0.411 e. The number of hydrogen-bond acceptors (Lipinski definition) is 3. The number of hydrogen-bond donors (Lipinski definition) is 1. The lowest BCUT2D eigenvalue weighted by molar-refractivity contribution is -0.173. The van der Waals surface area contributed by atoms with Crippen LogP contribution in [0.15, 0.2) is 24.3 Å². The number of nitrogens with two attached hydrogens (primary N) is 1. The molecule has 2 N–H and O–H groups in total. The van der Waals surface area contributed by atoms with Crippen LogP contribution in [0.2, 0.25) is 0 Å². The van der Waals surface area contributed by atoms with Gasteiger partial charge in [-0.1, -0.05) is 17.7 Å². The Balaban J connectivity index is 2.49. The van der Waals surface area contributed by atoms with Gasteiger partial charge < -0.3 is 15.4 Å². The number of rotatable bonds is 8. The second-order valence-corrected chi connectivity index (χ2v) is 4.63. The summed E-state index contributed by atoms with van der Waals surface area (Å²) in [5.74, 6) is 0. The van der Waals surface area contributed by atoms with E-state index in [1.165, 1.54) is 0 Å². The highest BCUT2D eigenvalue weighted by molar-refractivity contribution is 5.47. The van der Waals surface area contributed by atoms with Gasteiger partial charge >= 0.3 is 6.18 Å².